The summed E-state index contributed by atoms with van der Waals surface area (Å²) >= 11 is 0. The van der Waals surface area contributed by atoms with Gasteiger partial charge in [0, 0.05) is 0 Å². The lowest BCUT2D eigenvalue weighted by molar-refractivity contribution is -0.615. The number of hydrogen-bond donors (Lipinski definition) is 4. The second kappa shape index (κ2) is 22.5. The number of hydrogen-bond acceptors (Lipinski definition) is 8. The molecule has 4 atom stereocenters. The largest absolute Gasteiger partial charge is 0.397 e. The molecule has 129 heavy (non-hydrogen) atoms. The molecule has 16 fully saturated rings. The Bertz CT molecular complexity index is 3840. The summed E-state index contributed by atoms with van der Waals surface area (Å²) in [6.45, 7) is -23.2. The maximum Gasteiger partial charge on any atom is 0.397 e. The van der Waals surface area contributed by atoms with Crippen molar-refractivity contribution < 1.29 is 338 Å². The molecule has 76 heteroatoms. The highest BCUT2D eigenvalue weighted by Crippen LogP contribution is 2.97. The number of rotatable bonds is 20. The molecule has 16 saturated carbocycles. The number of halogens is 68. The Balaban J connectivity index is 1.13. The first kappa shape index (κ1) is 103. The molecule has 0 aromatic heterocycles. The summed E-state index contributed by atoms with van der Waals surface area (Å²) in [5.74, 6) is -195. The fourth-order valence-corrected chi connectivity index (χ4v) is 20.1. The van der Waals surface area contributed by atoms with Crippen molar-refractivity contribution in [3.05, 3.63) is 0 Å². The number of alkyl halides is 68. The van der Waals surface area contributed by atoms with Gasteiger partial charge in [-0.05, 0) is 0 Å². The molecule has 4 unspecified atom stereocenters. The molecule has 16 rings (SSSR count). The number of aliphatic hydroxyl groups excluding tert-OH is 4. The second-order valence-electron chi connectivity index (χ2n) is 31.0. The van der Waals surface area contributed by atoms with Crippen LogP contribution in [0.5, 0.6) is 0 Å². The maximum absolute atomic E-state index is 17.2. The van der Waals surface area contributed by atoms with Crippen molar-refractivity contribution in [2.45, 2.75) is 281 Å². The van der Waals surface area contributed by atoms with Crippen molar-refractivity contribution >= 4 is 0 Å². The number of ether oxygens (including phenoxy) is 4. The highest BCUT2D eigenvalue weighted by Gasteiger charge is 3.31. The van der Waals surface area contributed by atoms with Crippen LogP contribution in [0, 0.1) is 5.41 Å². The Morgan fingerprint density at radius 1 is 0.140 bits per heavy atom. The van der Waals surface area contributed by atoms with Gasteiger partial charge in [-0.25, -0.2) is 87.8 Å². The normalized spacial score (nSPS) is 51.0. The van der Waals surface area contributed by atoms with Gasteiger partial charge in [-0.1, -0.05) is 0 Å². The van der Waals surface area contributed by atoms with Gasteiger partial charge in [0.2, 0.25) is 0 Å². The highest BCUT2D eigenvalue weighted by molar-refractivity contribution is 5.62. The Morgan fingerprint density at radius 3 is 0.287 bits per heavy atom. The lowest BCUT2D eigenvalue weighted by atomic mass is 9.37. The van der Waals surface area contributed by atoms with E-state index in [9.17, 15) is 20.4 Å². The van der Waals surface area contributed by atoms with Gasteiger partial charge in [-0.2, -0.15) is 211 Å². The zero-order valence-electron chi connectivity index (χ0n) is 56.8. The van der Waals surface area contributed by atoms with E-state index in [1.54, 1.807) is 0 Å². The topological polar surface area (TPSA) is 118 Å². The van der Waals surface area contributed by atoms with E-state index in [2.05, 4.69) is 0 Å². The molecule has 0 aromatic carbocycles. The molecule has 16 aliphatic rings. The minimum atomic E-state index is -10.3. The molecule has 8 nitrogen and oxygen atoms in total. The zero-order chi connectivity index (χ0) is 102. The molecule has 0 aromatic rings. The smallest absolute Gasteiger partial charge is 0.390 e. The van der Waals surface area contributed by atoms with Gasteiger partial charge in [0.1, 0.15) is 0 Å². The molecule has 4 N–H and O–H groups in total. The van der Waals surface area contributed by atoms with E-state index in [4.69, 9.17) is 0 Å². The first-order valence-electron chi connectivity index (χ1n) is 31.6. The van der Waals surface area contributed by atoms with E-state index < -0.39 is 313 Å². The van der Waals surface area contributed by atoms with E-state index >= 15 is 299 Å². The summed E-state index contributed by atoms with van der Waals surface area (Å²) in [5.41, 5.74) is -206. The molecule has 16 bridgehead atoms. The standard InChI is InChI=1S/C53H16F68O8/c54-10(14(58)30(74,75)22(66)32(78,79)15(10,59)33(80,81)23(67,31(14,76)77)46(22,106)107)50(114,115)126-1-5(122)9(6(123)2-127-51(116,117)11(55)16(60)34(82,83)24(68)36(86,87)17(11,61)37(88,89)25(69,35(16,84)85)47(24,108)109,7(124)3-128-52(118,119)12(56)18(62)38(90,91)26(70)40(94,95)19(12,63)41(96,97)27(71,39(18,92)93)48(26,110)111)8(125)4-129-53(120,121)13(57)20(64)42(98,99)28(72)44(102,103)21(13,65)45(104,105)29(73,43(20,100)101)49(28,112)113/h5-8,122-125H,1-4H2. The van der Waals surface area contributed by atoms with Crippen molar-refractivity contribution in [1.82, 2.24) is 0 Å². The van der Waals surface area contributed by atoms with Gasteiger partial charge < -0.3 is 39.4 Å². The van der Waals surface area contributed by atoms with E-state index in [-0.39, 0.29) is 0 Å². The average molecular weight is 2070 g/mol. The van der Waals surface area contributed by atoms with Crippen molar-refractivity contribution in [3.63, 3.8) is 0 Å². The van der Waals surface area contributed by atoms with Crippen LogP contribution >= 0.6 is 0 Å². The van der Waals surface area contributed by atoms with Crippen LogP contribution in [0.2, 0.25) is 0 Å². The van der Waals surface area contributed by atoms with Crippen LogP contribution in [0.4, 0.5) is 299 Å². The van der Waals surface area contributed by atoms with E-state index in [1.165, 1.54) is 0 Å². The van der Waals surface area contributed by atoms with E-state index in [1.807, 2.05) is 18.9 Å². The zero-order valence-corrected chi connectivity index (χ0v) is 56.8. The summed E-state index contributed by atoms with van der Waals surface area (Å²) in [7, 11) is 0. The third-order valence-corrected chi connectivity index (χ3v) is 26.7. The molecule has 752 valence electrons. The molecule has 0 radical (unpaired) electrons. The number of aliphatic hydroxyl groups is 4. The summed E-state index contributed by atoms with van der Waals surface area (Å²) in [5, 5.41) is 45.2. The summed E-state index contributed by atoms with van der Waals surface area (Å²) in [4.78, 5) is 0. The average Bonchev–Trinajstić information content (AvgIpc) is 0.599. The van der Waals surface area contributed by atoms with E-state index in [0.29, 0.717) is 0 Å². The van der Waals surface area contributed by atoms with Gasteiger partial charge in [-0.3, -0.25) is 0 Å². The molecule has 0 spiro atoms. The van der Waals surface area contributed by atoms with Crippen molar-refractivity contribution in [2.75, 3.05) is 26.4 Å². The van der Waals surface area contributed by atoms with Gasteiger partial charge in [0.15, 0.2) is 0 Å². The fourth-order valence-electron chi connectivity index (χ4n) is 20.1. The fraction of sp³-hybridized carbons (Fsp3) is 1.00. The Labute approximate surface area is 651 Å². The predicted molar refractivity (Wildman–Crippen MR) is 246 cm³/mol. The molecule has 0 amide bonds. The second-order valence-corrected chi connectivity index (χ2v) is 31.0. The van der Waals surface area contributed by atoms with E-state index in [0.717, 1.165) is 0 Å². The Kier molecular flexibility index (Phi) is 17.9. The SMILES string of the molecule is OC(COC(F)(F)C1(F)C2(F)C(F)(F)C3(F)C(F)(F)C(F)(C2(F)F)C(F)(F)C1(F)C3(F)F)C(C(O)COC(F)(F)C1(F)C2(F)C(F)(F)C3(F)C(F)(F)C(F)(C2(F)F)C(F)(F)C1(F)C3(F)F)(C(O)COC(F)(F)C1(F)C2(F)C(F)(F)C3(F)C(F)(F)C(F)(C2(F)F)C(F)(F)C1(F)C3(F)F)C(O)COC(F)(F)C1(F)C2(F)C(F)(F)C3(F)C(F)(F)C(F)(C2(F)F)C(F)(F)C1(F)C3(F)F. The third-order valence-electron chi connectivity index (χ3n) is 26.7. The van der Waals surface area contributed by atoms with Crippen molar-refractivity contribution in [2.24, 2.45) is 5.41 Å². The van der Waals surface area contributed by atoms with Crippen LogP contribution in [0.25, 0.3) is 0 Å². The van der Waals surface area contributed by atoms with Crippen LogP contribution in [0.1, 0.15) is 0 Å². The molecule has 16 aliphatic carbocycles. The molecule has 0 aliphatic heterocycles. The first-order valence-corrected chi connectivity index (χ1v) is 31.6. The van der Waals surface area contributed by atoms with Crippen LogP contribution < -0.4 is 0 Å². The molecular weight excluding hydrogens is 2060 g/mol. The molecule has 0 saturated heterocycles. The monoisotopic (exact) mass is 2070 g/mol. The van der Waals surface area contributed by atoms with Crippen molar-refractivity contribution in [1.29, 1.82) is 0 Å². The molecular formula is C53H16F68O8. The Morgan fingerprint density at radius 2 is 0.209 bits per heavy atom. The quantitative estimate of drug-likeness (QED) is 0.0891. The summed E-state index contributed by atoms with van der Waals surface area (Å²) in [6, 6.07) is 0. The van der Waals surface area contributed by atoms with Crippen molar-refractivity contribution in [3.8, 4) is 0 Å². The minimum absolute atomic E-state index is 2.04. The van der Waals surface area contributed by atoms with Crippen LogP contribution in [-0.4, -0.2) is 328 Å². The van der Waals surface area contributed by atoms with Crippen LogP contribution in [0.15, 0.2) is 0 Å². The van der Waals surface area contributed by atoms with Gasteiger partial charge >= 0.3 is 188 Å². The minimum Gasteiger partial charge on any atom is -0.390 e. The van der Waals surface area contributed by atoms with Gasteiger partial charge in [0.25, 0.3) is 68.0 Å². The lowest BCUT2D eigenvalue weighted by Crippen LogP contribution is -3.10. The predicted octanol–water partition coefficient (Wildman–Crippen LogP) is 16.9. The molecule has 0 heterocycles. The van der Waals surface area contributed by atoms with Gasteiger partial charge in [0.05, 0.1) is 56.3 Å². The highest BCUT2D eigenvalue weighted by atomic mass is 19.4. The third kappa shape index (κ3) is 6.89. The van der Waals surface area contributed by atoms with Crippen LogP contribution in [0.3, 0.4) is 0 Å². The maximum atomic E-state index is 17.2. The lowest BCUT2D eigenvalue weighted by Gasteiger charge is -2.75. The summed E-state index contributed by atoms with van der Waals surface area (Å²) in [6.07, 6.45) is -68.3. The summed E-state index contributed by atoms with van der Waals surface area (Å²) < 4.78 is 1100. The first-order chi connectivity index (χ1) is 55.5. The van der Waals surface area contributed by atoms with Crippen LogP contribution in [-0.2, 0) is 18.9 Å². The Hall–Kier alpha value is -5.08. The van der Waals surface area contributed by atoms with Gasteiger partial charge in [-0.15, -0.1) is 0 Å².